The van der Waals surface area contributed by atoms with Crippen LogP contribution >= 0.6 is 11.6 Å². The van der Waals surface area contributed by atoms with E-state index in [9.17, 15) is 9.59 Å². The SMILES string of the molecule is COc1ccc2cc(C(=O)Nc3cccc(Cl)c3C)c(=O)oc2c1. The summed E-state index contributed by atoms with van der Waals surface area (Å²) >= 11 is 6.04. The van der Waals surface area contributed by atoms with Crippen LogP contribution < -0.4 is 15.7 Å². The molecular formula is C18H14ClNO4. The number of carbonyl (C=O) groups is 1. The van der Waals surface area contributed by atoms with Crippen LogP contribution in [-0.4, -0.2) is 13.0 Å². The lowest BCUT2D eigenvalue weighted by atomic mass is 10.1. The molecule has 3 aromatic rings. The Labute approximate surface area is 142 Å². The summed E-state index contributed by atoms with van der Waals surface area (Å²) in [4.78, 5) is 24.5. The number of ether oxygens (including phenoxy) is 1. The van der Waals surface area contributed by atoms with E-state index in [0.29, 0.717) is 27.4 Å². The smallest absolute Gasteiger partial charge is 0.349 e. The number of benzene rings is 2. The molecule has 24 heavy (non-hydrogen) atoms. The first kappa shape index (κ1) is 16.1. The molecule has 2 aromatic carbocycles. The van der Waals surface area contributed by atoms with Crippen molar-refractivity contribution in [1.29, 1.82) is 0 Å². The Morgan fingerprint density at radius 1 is 1.21 bits per heavy atom. The van der Waals surface area contributed by atoms with Gasteiger partial charge >= 0.3 is 5.63 Å². The lowest BCUT2D eigenvalue weighted by molar-refractivity contribution is 0.102. The number of hydrogen-bond donors (Lipinski definition) is 1. The van der Waals surface area contributed by atoms with Gasteiger partial charge in [-0.15, -0.1) is 0 Å². The second kappa shape index (κ2) is 6.37. The van der Waals surface area contributed by atoms with Crippen molar-refractivity contribution in [3.05, 3.63) is 69.0 Å². The molecular weight excluding hydrogens is 330 g/mol. The molecule has 0 spiro atoms. The number of carbonyl (C=O) groups excluding carboxylic acids is 1. The molecule has 0 fully saturated rings. The summed E-state index contributed by atoms with van der Waals surface area (Å²) in [5.74, 6) is 0.0178. The Morgan fingerprint density at radius 3 is 2.75 bits per heavy atom. The van der Waals surface area contributed by atoms with E-state index >= 15 is 0 Å². The summed E-state index contributed by atoms with van der Waals surface area (Å²) in [6, 6.07) is 11.7. The van der Waals surface area contributed by atoms with Gasteiger partial charge in [0.2, 0.25) is 0 Å². The number of nitrogens with one attached hydrogen (secondary N) is 1. The number of hydrogen-bond acceptors (Lipinski definition) is 4. The number of rotatable bonds is 3. The average molecular weight is 344 g/mol. The topological polar surface area (TPSA) is 68.5 Å². The van der Waals surface area contributed by atoms with E-state index in [4.69, 9.17) is 20.8 Å². The van der Waals surface area contributed by atoms with Crippen LogP contribution in [0.2, 0.25) is 5.02 Å². The highest BCUT2D eigenvalue weighted by molar-refractivity contribution is 6.31. The molecule has 1 aromatic heterocycles. The van der Waals surface area contributed by atoms with Gasteiger partial charge in [0.25, 0.3) is 5.91 Å². The van der Waals surface area contributed by atoms with Crippen LogP contribution in [0, 0.1) is 6.92 Å². The minimum atomic E-state index is -0.715. The van der Waals surface area contributed by atoms with E-state index in [0.717, 1.165) is 5.56 Å². The van der Waals surface area contributed by atoms with Gasteiger partial charge in [0.05, 0.1) is 7.11 Å². The normalized spacial score (nSPS) is 10.6. The van der Waals surface area contributed by atoms with Gasteiger partial charge in [-0.3, -0.25) is 4.79 Å². The van der Waals surface area contributed by atoms with Crippen LogP contribution in [0.1, 0.15) is 15.9 Å². The van der Waals surface area contributed by atoms with Crippen LogP contribution in [0.25, 0.3) is 11.0 Å². The molecule has 3 rings (SSSR count). The second-order valence-corrected chi connectivity index (χ2v) is 5.63. The van der Waals surface area contributed by atoms with E-state index in [1.807, 2.05) is 0 Å². The van der Waals surface area contributed by atoms with E-state index in [1.54, 1.807) is 43.3 Å². The number of amides is 1. The zero-order valence-electron chi connectivity index (χ0n) is 13.1. The first-order valence-corrected chi connectivity index (χ1v) is 7.56. The standard InChI is InChI=1S/C18H14ClNO4/c1-10-14(19)4-3-5-15(10)20-17(21)13-8-11-6-7-12(23-2)9-16(11)24-18(13)22/h3-9H,1-2H3,(H,20,21). The lowest BCUT2D eigenvalue weighted by Gasteiger charge is -2.09. The van der Waals surface area contributed by atoms with Gasteiger partial charge in [0.1, 0.15) is 16.9 Å². The molecule has 0 saturated heterocycles. The van der Waals surface area contributed by atoms with E-state index in [1.165, 1.54) is 13.2 Å². The molecule has 0 aliphatic heterocycles. The van der Waals surface area contributed by atoms with Crippen LogP contribution in [0.15, 0.2) is 51.7 Å². The molecule has 0 bridgehead atoms. The first-order valence-electron chi connectivity index (χ1n) is 7.18. The van der Waals surface area contributed by atoms with Crippen LogP contribution in [0.4, 0.5) is 5.69 Å². The summed E-state index contributed by atoms with van der Waals surface area (Å²) in [6.07, 6.45) is 0. The van der Waals surface area contributed by atoms with E-state index < -0.39 is 11.5 Å². The fourth-order valence-corrected chi connectivity index (χ4v) is 2.48. The summed E-state index contributed by atoms with van der Waals surface area (Å²) in [6.45, 7) is 1.78. The predicted molar refractivity (Wildman–Crippen MR) is 93.2 cm³/mol. The van der Waals surface area contributed by atoms with Crippen molar-refractivity contribution < 1.29 is 13.9 Å². The molecule has 1 amide bonds. The van der Waals surface area contributed by atoms with E-state index in [-0.39, 0.29) is 5.56 Å². The minimum absolute atomic E-state index is 0.0768. The molecule has 0 saturated carbocycles. The van der Waals surface area contributed by atoms with Crippen molar-refractivity contribution in [3.8, 4) is 5.75 Å². The minimum Gasteiger partial charge on any atom is -0.497 e. The van der Waals surface area contributed by atoms with Crippen LogP contribution in [0.5, 0.6) is 5.75 Å². The third-order valence-corrected chi connectivity index (χ3v) is 4.11. The Kier molecular flexibility index (Phi) is 4.27. The van der Waals surface area contributed by atoms with Gasteiger partial charge < -0.3 is 14.5 Å². The number of fused-ring (bicyclic) bond motifs is 1. The largest absolute Gasteiger partial charge is 0.497 e. The Bertz CT molecular complexity index is 994. The summed E-state index contributed by atoms with van der Waals surface area (Å²) < 4.78 is 10.3. The zero-order valence-corrected chi connectivity index (χ0v) is 13.8. The predicted octanol–water partition coefficient (Wildman–Crippen LogP) is 4.02. The van der Waals surface area contributed by atoms with Gasteiger partial charge in [0.15, 0.2) is 0 Å². The maximum atomic E-state index is 12.4. The third kappa shape index (κ3) is 2.98. The fourth-order valence-electron chi connectivity index (χ4n) is 2.31. The van der Waals surface area contributed by atoms with Gasteiger partial charge in [-0.05, 0) is 42.8 Å². The van der Waals surface area contributed by atoms with E-state index in [2.05, 4.69) is 5.32 Å². The second-order valence-electron chi connectivity index (χ2n) is 5.22. The molecule has 6 heteroatoms. The number of methoxy groups -OCH3 is 1. The zero-order chi connectivity index (χ0) is 17.3. The van der Waals surface area contributed by atoms with Crippen molar-refractivity contribution in [2.45, 2.75) is 6.92 Å². The molecule has 0 atom stereocenters. The maximum absolute atomic E-state index is 12.4. The molecule has 1 N–H and O–H groups in total. The van der Waals surface area contributed by atoms with Gasteiger partial charge in [-0.1, -0.05) is 17.7 Å². The van der Waals surface area contributed by atoms with Crippen molar-refractivity contribution in [2.24, 2.45) is 0 Å². The molecule has 0 unspecified atom stereocenters. The quantitative estimate of drug-likeness (QED) is 0.729. The number of halogens is 1. The highest BCUT2D eigenvalue weighted by atomic mass is 35.5. The fraction of sp³-hybridized carbons (Fsp3) is 0.111. The Balaban J connectivity index is 1.99. The highest BCUT2D eigenvalue weighted by Gasteiger charge is 2.15. The van der Waals surface area contributed by atoms with Crippen LogP contribution in [-0.2, 0) is 0 Å². The first-order chi connectivity index (χ1) is 11.5. The average Bonchev–Trinajstić information content (AvgIpc) is 2.57. The maximum Gasteiger partial charge on any atom is 0.349 e. The Morgan fingerprint density at radius 2 is 2.00 bits per heavy atom. The molecule has 122 valence electrons. The molecule has 0 radical (unpaired) electrons. The van der Waals surface area contributed by atoms with Crippen molar-refractivity contribution in [3.63, 3.8) is 0 Å². The molecule has 0 aliphatic rings. The van der Waals surface area contributed by atoms with Crippen molar-refractivity contribution in [1.82, 2.24) is 0 Å². The van der Waals surface area contributed by atoms with Gasteiger partial charge in [0, 0.05) is 22.2 Å². The molecule has 0 aliphatic carbocycles. The lowest BCUT2D eigenvalue weighted by Crippen LogP contribution is -2.21. The highest BCUT2D eigenvalue weighted by Crippen LogP contribution is 2.24. The van der Waals surface area contributed by atoms with Crippen molar-refractivity contribution >= 4 is 34.2 Å². The van der Waals surface area contributed by atoms with Gasteiger partial charge in [-0.25, -0.2) is 4.79 Å². The van der Waals surface area contributed by atoms with Gasteiger partial charge in [-0.2, -0.15) is 0 Å². The monoisotopic (exact) mass is 343 g/mol. The summed E-state index contributed by atoms with van der Waals surface area (Å²) in [7, 11) is 1.52. The third-order valence-electron chi connectivity index (χ3n) is 3.70. The number of anilines is 1. The van der Waals surface area contributed by atoms with Crippen molar-refractivity contribution in [2.75, 3.05) is 12.4 Å². The molecule has 1 heterocycles. The Hall–Kier alpha value is -2.79. The summed E-state index contributed by atoms with van der Waals surface area (Å²) in [5, 5.41) is 3.85. The molecule has 5 nitrogen and oxygen atoms in total. The van der Waals surface area contributed by atoms with Crippen LogP contribution in [0.3, 0.4) is 0 Å². The summed E-state index contributed by atoms with van der Waals surface area (Å²) in [5.41, 5.74) is 0.832.